The lowest BCUT2D eigenvalue weighted by molar-refractivity contribution is 0.339. The molecule has 3 N–H and O–H groups in total. The molecule has 154 valence electrons. The molecule has 2 aromatic carbocycles. The molecule has 0 aliphatic carbocycles. The van der Waals surface area contributed by atoms with Gasteiger partial charge in [0.1, 0.15) is 0 Å². The molecular formula is C21H30IN3O3. The Hall–Kier alpha value is -2.16. The van der Waals surface area contributed by atoms with Crippen molar-refractivity contribution in [3.8, 4) is 17.2 Å². The zero-order chi connectivity index (χ0) is 19.6. The molecule has 6 nitrogen and oxygen atoms in total. The van der Waals surface area contributed by atoms with Crippen molar-refractivity contribution >= 4 is 29.9 Å². The minimum absolute atomic E-state index is 0. The zero-order valence-corrected chi connectivity index (χ0v) is 19.2. The van der Waals surface area contributed by atoms with E-state index in [0.29, 0.717) is 18.0 Å². The molecule has 28 heavy (non-hydrogen) atoms. The minimum Gasteiger partial charge on any atom is -0.502 e. The fourth-order valence-corrected chi connectivity index (χ4v) is 2.76. The van der Waals surface area contributed by atoms with Crippen LogP contribution in [-0.2, 0) is 13.0 Å². The van der Waals surface area contributed by atoms with Crippen LogP contribution in [0.25, 0.3) is 0 Å². The Morgan fingerprint density at radius 1 is 1.07 bits per heavy atom. The monoisotopic (exact) mass is 499 g/mol. The topological polar surface area (TPSA) is 75.1 Å². The molecule has 0 saturated carbocycles. The van der Waals surface area contributed by atoms with Crippen molar-refractivity contribution in [1.29, 1.82) is 0 Å². The first kappa shape index (κ1) is 23.9. The lowest BCUT2D eigenvalue weighted by Crippen LogP contribution is -2.42. The van der Waals surface area contributed by atoms with Crippen molar-refractivity contribution in [3.63, 3.8) is 0 Å². The molecule has 0 aliphatic heterocycles. The molecule has 1 unspecified atom stereocenters. The molecule has 1 atom stereocenters. The molecule has 0 heterocycles. The maximum Gasteiger partial charge on any atom is 0.200 e. The van der Waals surface area contributed by atoms with Crippen LogP contribution in [0.1, 0.15) is 24.5 Å². The molecule has 0 spiro atoms. The van der Waals surface area contributed by atoms with Gasteiger partial charge in [-0.25, -0.2) is 0 Å². The number of rotatable bonds is 8. The highest BCUT2D eigenvalue weighted by molar-refractivity contribution is 14.0. The Morgan fingerprint density at radius 3 is 2.21 bits per heavy atom. The number of aliphatic imine (C=N–C) groups is 1. The van der Waals surface area contributed by atoms with E-state index in [-0.39, 0.29) is 35.8 Å². The van der Waals surface area contributed by atoms with Gasteiger partial charge in [0.25, 0.3) is 0 Å². The van der Waals surface area contributed by atoms with Gasteiger partial charge in [-0.15, -0.1) is 24.0 Å². The van der Waals surface area contributed by atoms with E-state index in [0.717, 1.165) is 24.4 Å². The molecule has 0 amide bonds. The molecule has 7 heteroatoms. The van der Waals surface area contributed by atoms with E-state index >= 15 is 0 Å². The number of benzene rings is 2. The summed E-state index contributed by atoms with van der Waals surface area (Å²) in [6, 6.07) is 14.3. The Labute approximate surface area is 184 Å². The number of hydrogen-bond donors (Lipinski definition) is 3. The van der Waals surface area contributed by atoms with Crippen molar-refractivity contribution in [1.82, 2.24) is 10.6 Å². The van der Waals surface area contributed by atoms with Gasteiger partial charge in [-0.1, -0.05) is 30.3 Å². The fraction of sp³-hybridized carbons (Fsp3) is 0.381. The summed E-state index contributed by atoms with van der Waals surface area (Å²) in [5.41, 5.74) is 2.25. The standard InChI is InChI=1S/C21H29N3O3.HI/c1-15(10-11-16-8-6-5-7-9-16)24-21(22-2)23-14-17-12-18(26-3)20(25)19(13-17)27-4;/h5-9,12-13,15,25H,10-11,14H2,1-4H3,(H2,22,23,24);1H. The predicted octanol–water partition coefficient (Wildman–Crippen LogP) is 3.71. The Morgan fingerprint density at radius 2 is 1.68 bits per heavy atom. The van der Waals surface area contributed by atoms with Gasteiger partial charge in [-0.2, -0.15) is 0 Å². The van der Waals surface area contributed by atoms with E-state index in [1.54, 1.807) is 19.2 Å². The summed E-state index contributed by atoms with van der Waals surface area (Å²) in [5.74, 6) is 1.48. The third kappa shape index (κ3) is 7.10. The highest BCUT2D eigenvalue weighted by atomic mass is 127. The molecular weight excluding hydrogens is 469 g/mol. The van der Waals surface area contributed by atoms with Gasteiger partial charge >= 0.3 is 0 Å². The average Bonchev–Trinajstić information content (AvgIpc) is 2.71. The number of halogens is 1. The molecule has 0 fully saturated rings. The van der Waals surface area contributed by atoms with Crippen molar-refractivity contribution in [2.24, 2.45) is 4.99 Å². The largest absolute Gasteiger partial charge is 0.502 e. The quantitative estimate of drug-likeness (QED) is 0.294. The van der Waals surface area contributed by atoms with Crippen LogP contribution in [0.3, 0.4) is 0 Å². The number of hydrogen-bond acceptors (Lipinski definition) is 4. The van der Waals surface area contributed by atoms with Crippen LogP contribution in [0.15, 0.2) is 47.5 Å². The SMILES string of the molecule is CN=C(NCc1cc(OC)c(O)c(OC)c1)NC(C)CCc1ccccc1.I. The van der Waals surface area contributed by atoms with E-state index in [2.05, 4.69) is 46.8 Å². The van der Waals surface area contributed by atoms with E-state index in [1.807, 2.05) is 6.07 Å². The van der Waals surface area contributed by atoms with Gasteiger partial charge in [-0.05, 0) is 43.0 Å². The first-order valence-electron chi connectivity index (χ1n) is 9.02. The lowest BCUT2D eigenvalue weighted by Gasteiger charge is -2.18. The van der Waals surface area contributed by atoms with Crippen molar-refractivity contribution in [2.75, 3.05) is 21.3 Å². The third-order valence-corrected chi connectivity index (χ3v) is 4.32. The van der Waals surface area contributed by atoms with E-state index in [4.69, 9.17) is 9.47 Å². The number of aryl methyl sites for hydroxylation is 1. The predicted molar refractivity (Wildman–Crippen MR) is 124 cm³/mol. The van der Waals surface area contributed by atoms with Crippen LogP contribution in [0, 0.1) is 0 Å². The third-order valence-electron chi connectivity index (χ3n) is 4.32. The molecule has 0 bridgehead atoms. The Balaban J connectivity index is 0.00000392. The van der Waals surface area contributed by atoms with Gasteiger partial charge < -0.3 is 25.2 Å². The second-order valence-electron chi connectivity index (χ2n) is 6.34. The average molecular weight is 499 g/mol. The summed E-state index contributed by atoms with van der Waals surface area (Å²) >= 11 is 0. The number of aromatic hydroxyl groups is 1. The number of phenolic OH excluding ortho intramolecular Hbond substituents is 1. The van der Waals surface area contributed by atoms with Crippen LogP contribution in [0.2, 0.25) is 0 Å². The van der Waals surface area contributed by atoms with Gasteiger partial charge in [0, 0.05) is 19.6 Å². The van der Waals surface area contributed by atoms with Crippen LogP contribution >= 0.6 is 24.0 Å². The summed E-state index contributed by atoms with van der Waals surface area (Å²) < 4.78 is 10.4. The van der Waals surface area contributed by atoms with Gasteiger partial charge in [0.15, 0.2) is 17.5 Å². The van der Waals surface area contributed by atoms with Crippen molar-refractivity contribution in [2.45, 2.75) is 32.4 Å². The number of ether oxygens (including phenoxy) is 2. The molecule has 2 aromatic rings. The number of nitrogens with one attached hydrogen (secondary N) is 2. The number of guanidine groups is 1. The molecule has 0 aromatic heterocycles. The number of nitrogens with zero attached hydrogens (tertiary/aromatic N) is 1. The number of methoxy groups -OCH3 is 2. The van der Waals surface area contributed by atoms with Gasteiger partial charge in [-0.3, -0.25) is 4.99 Å². The van der Waals surface area contributed by atoms with Gasteiger partial charge in [0.05, 0.1) is 14.2 Å². The van der Waals surface area contributed by atoms with E-state index < -0.39 is 0 Å². The fourth-order valence-electron chi connectivity index (χ4n) is 2.76. The van der Waals surface area contributed by atoms with Crippen molar-refractivity contribution in [3.05, 3.63) is 53.6 Å². The van der Waals surface area contributed by atoms with Gasteiger partial charge in [0.2, 0.25) is 5.75 Å². The summed E-state index contributed by atoms with van der Waals surface area (Å²) in [5, 5.41) is 16.7. The first-order chi connectivity index (χ1) is 13.1. The smallest absolute Gasteiger partial charge is 0.200 e. The summed E-state index contributed by atoms with van der Waals surface area (Å²) in [6.07, 6.45) is 2.02. The van der Waals surface area contributed by atoms with Crippen LogP contribution in [0.4, 0.5) is 0 Å². The molecule has 0 saturated heterocycles. The molecule has 2 rings (SSSR count). The zero-order valence-electron chi connectivity index (χ0n) is 16.9. The van der Waals surface area contributed by atoms with Crippen LogP contribution < -0.4 is 20.1 Å². The summed E-state index contributed by atoms with van der Waals surface area (Å²) in [6.45, 7) is 2.67. The Bertz CT molecular complexity index is 729. The van der Waals surface area contributed by atoms with E-state index in [9.17, 15) is 5.11 Å². The van der Waals surface area contributed by atoms with Crippen LogP contribution in [0.5, 0.6) is 17.2 Å². The normalized spacial score (nSPS) is 11.9. The highest BCUT2D eigenvalue weighted by Crippen LogP contribution is 2.36. The summed E-state index contributed by atoms with van der Waals surface area (Å²) in [7, 11) is 4.78. The Kier molecular flexibility index (Phi) is 10.5. The van der Waals surface area contributed by atoms with Crippen LogP contribution in [-0.4, -0.2) is 38.4 Å². The lowest BCUT2D eigenvalue weighted by atomic mass is 10.1. The molecule has 0 radical (unpaired) electrons. The van der Waals surface area contributed by atoms with E-state index in [1.165, 1.54) is 19.8 Å². The summed E-state index contributed by atoms with van der Waals surface area (Å²) in [4.78, 5) is 4.28. The minimum atomic E-state index is 0. The second kappa shape index (κ2) is 12.3. The number of phenols is 1. The highest BCUT2D eigenvalue weighted by Gasteiger charge is 2.12. The maximum absolute atomic E-state index is 10.0. The molecule has 0 aliphatic rings. The first-order valence-corrected chi connectivity index (χ1v) is 9.02. The van der Waals surface area contributed by atoms with Crippen molar-refractivity contribution < 1.29 is 14.6 Å². The maximum atomic E-state index is 10.0. The second-order valence-corrected chi connectivity index (χ2v) is 6.34.